The first-order chi connectivity index (χ1) is 4.83. The highest BCUT2D eigenvalue weighted by atomic mass is 16.5. The Kier molecular flexibility index (Phi) is 1.44. The number of hydrogen-bond acceptors (Lipinski definition) is 3. The highest BCUT2D eigenvalue weighted by molar-refractivity contribution is 4.99. The molecule has 0 bridgehead atoms. The van der Waals surface area contributed by atoms with E-state index in [1.54, 1.807) is 0 Å². The average Bonchev–Trinajstić information content (AvgIpc) is 2.48. The van der Waals surface area contributed by atoms with Gasteiger partial charge in [0.2, 0.25) is 0 Å². The molecule has 10 heavy (non-hydrogen) atoms. The third-order valence-electron chi connectivity index (χ3n) is 2.76. The summed E-state index contributed by atoms with van der Waals surface area (Å²) in [4.78, 5) is 0. The summed E-state index contributed by atoms with van der Waals surface area (Å²) in [6, 6.07) is 0.315. The van der Waals surface area contributed by atoms with E-state index in [2.05, 4.69) is 5.32 Å². The van der Waals surface area contributed by atoms with Gasteiger partial charge in [0.05, 0.1) is 6.61 Å². The van der Waals surface area contributed by atoms with E-state index in [9.17, 15) is 0 Å². The van der Waals surface area contributed by atoms with Crippen LogP contribution in [0.1, 0.15) is 6.42 Å². The summed E-state index contributed by atoms with van der Waals surface area (Å²) in [5.41, 5.74) is 6.22. The molecule has 2 rings (SSSR count). The molecule has 0 radical (unpaired) electrons. The Bertz CT molecular complexity index is 126. The Morgan fingerprint density at radius 2 is 2.50 bits per heavy atom. The molecule has 2 atom stereocenters. The molecule has 0 aliphatic carbocycles. The normalized spacial score (nSPS) is 47.1. The van der Waals surface area contributed by atoms with E-state index in [-0.39, 0.29) is 0 Å². The van der Waals surface area contributed by atoms with E-state index in [1.165, 1.54) is 0 Å². The standard InChI is InChI=1S/C7H14N2O/c8-6-3-9-4-7(6)1-2-10-5-7/h6,9H,1-5,8H2. The number of rotatable bonds is 0. The van der Waals surface area contributed by atoms with Crippen molar-refractivity contribution in [2.75, 3.05) is 26.3 Å². The van der Waals surface area contributed by atoms with Gasteiger partial charge in [-0.05, 0) is 6.42 Å². The van der Waals surface area contributed by atoms with E-state index in [1.807, 2.05) is 0 Å². The fourth-order valence-electron chi connectivity index (χ4n) is 1.88. The van der Waals surface area contributed by atoms with E-state index in [4.69, 9.17) is 10.5 Å². The van der Waals surface area contributed by atoms with Crippen molar-refractivity contribution in [2.24, 2.45) is 11.1 Å². The summed E-state index contributed by atoms with van der Waals surface area (Å²) >= 11 is 0. The highest BCUT2D eigenvalue weighted by Crippen LogP contribution is 2.33. The summed E-state index contributed by atoms with van der Waals surface area (Å²) in [5, 5.41) is 3.30. The van der Waals surface area contributed by atoms with Gasteiger partial charge in [0.1, 0.15) is 0 Å². The highest BCUT2D eigenvalue weighted by Gasteiger charge is 2.43. The van der Waals surface area contributed by atoms with Crippen LogP contribution in [0.2, 0.25) is 0 Å². The van der Waals surface area contributed by atoms with Gasteiger partial charge in [0.15, 0.2) is 0 Å². The molecule has 2 heterocycles. The van der Waals surface area contributed by atoms with Gasteiger partial charge in [0.25, 0.3) is 0 Å². The molecule has 2 aliphatic rings. The summed E-state index contributed by atoms with van der Waals surface area (Å²) in [5.74, 6) is 0. The van der Waals surface area contributed by atoms with E-state index >= 15 is 0 Å². The number of hydrogen-bond donors (Lipinski definition) is 2. The molecule has 0 aromatic rings. The van der Waals surface area contributed by atoms with Crippen LogP contribution in [-0.4, -0.2) is 32.3 Å². The lowest BCUT2D eigenvalue weighted by Crippen LogP contribution is -2.40. The quantitative estimate of drug-likeness (QED) is 0.471. The molecule has 2 saturated heterocycles. The Balaban J connectivity index is 2.11. The second-order valence-electron chi connectivity index (χ2n) is 3.40. The molecule has 3 heteroatoms. The van der Waals surface area contributed by atoms with Crippen molar-refractivity contribution in [3.05, 3.63) is 0 Å². The Morgan fingerprint density at radius 3 is 3.00 bits per heavy atom. The first kappa shape index (κ1) is 6.58. The Morgan fingerprint density at radius 1 is 1.60 bits per heavy atom. The van der Waals surface area contributed by atoms with Crippen molar-refractivity contribution < 1.29 is 4.74 Å². The number of nitrogens with two attached hydrogens (primary N) is 1. The third kappa shape index (κ3) is 0.779. The van der Waals surface area contributed by atoms with Crippen molar-refractivity contribution in [1.82, 2.24) is 5.32 Å². The topological polar surface area (TPSA) is 47.3 Å². The predicted molar refractivity (Wildman–Crippen MR) is 38.7 cm³/mol. The second-order valence-corrected chi connectivity index (χ2v) is 3.40. The summed E-state index contributed by atoms with van der Waals surface area (Å²) in [6.45, 7) is 3.77. The monoisotopic (exact) mass is 142 g/mol. The van der Waals surface area contributed by atoms with Crippen molar-refractivity contribution in [1.29, 1.82) is 0 Å². The summed E-state index contributed by atoms with van der Waals surface area (Å²) in [7, 11) is 0. The lowest BCUT2D eigenvalue weighted by Gasteiger charge is -2.24. The largest absolute Gasteiger partial charge is 0.381 e. The fourth-order valence-corrected chi connectivity index (χ4v) is 1.88. The molecule has 2 aliphatic heterocycles. The van der Waals surface area contributed by atoms with Gasteiger partial charge in [-0.1, -0.05) is 0 Å². The number of ether oxygens (including phenoxy) is 1. The molecule has 1 spiro atoms. The lowest BCUT2D eigenvalue weighted by atomic mass is 9.83. The van der Waals surface area contributed by atoms with Crippen LogP contribution >= 0.6 is 0 Å². The fraction of sp³-hybridized carbons (Fsp3) is 1.00. The molecule has 2 unspecified atom stereocenters. The maximum absolute atomic E-state index is 5.93. The first-order valence-electron chi connectivity index (χ1n) is 3.88. The molecule has 3 N–H and O–H groups in total. The zero-order valence-electron chi connectivity index (χ0n) is 6.10. The molecular formula is C7H14N2O. The minimum atomic E-state index is 0.292. The first-order valence-corrected chi connectivity index (χ1v) is 3.88. The summed E-state index contributed by atoms with van der Waals surface area (Å²) in [6.07, 6.45) is 1.14. The van der Waals surface area contributed by atoms with Gasteiger partial charge < -0.3 is 15.8 Å². The molecule has 0 aromatic heterocycles. The van der Waals surface area contributed by atoms with Crippen molar-refractivity contribution in [2.45, 2.75) is 12.5 Å². The van der Waals surface area contributed by atoms with Gasteiger partial charge in [-0.15, -0.1) is 0 Å². The van der Waals surface area contributed by atoms with Crippen molar-refractivity contribution >= 4 is 0 Å². The Hall–Kier alpha value is -0.120. The van der Waals surface area contributed by atoms with E-state index < -0.39 is 0 Å². The summed E-state index contributed by atoms with van der Waals surface area (Å²) < 4.78 is 5.33. The van der Waals surface area contributed by atoms with Gasteiger partial charge in [-0.3, -0.25) is 0 Å². The van der Waals surface area contributed by atoms with Crippen LogP contribution in [0.4, 0.5) is 0 Å². The van der Waals surface area contributed by atoms with Crippen LogP contribution in [-0.2, 0) is 4.74 Å². The molecular weight excluding hydrogens is 128 g/mol. The predicted octanol–water partition coefficient (Wildman–Crippen LogP) is -0.676. The van der Waals surface area contributed by atoms with Crippen LogP contribution in [0.3, 0.4) is 0 Å². The van der Waals surface area contributed by atoms with Crippen LogP contribution in [0.15, 0.2) is 0 Å². The van der Waals surface area contributed by atoms with Gasteiger partial charge >= 0.3 is 0 Å². The molecule has 58 valence electrons. The van der Waals surface area contributed by atoms with Crippen LogP contribution in [0.25, 0.3) is 0 Å². The molecule has 0 saturated carbocycles. The van der Waals surface area contributed by atoms with Gasteiger partial charge in [0, 0.05) is 31.2 Å². The minimum Gasteiger partial charge on any atom is -0.381 e. The average molecular weight is 142 g/mol. The zero-order chi connectivity index (χ0) is 7.03. The smallest absolute Gasteiger partial charge is 0.0550 e. The lowest BCUT2D eigenvalue weighted by molar-refractivity contribution is 0.152. The van der Waals surface area contributed by atoms with E-state index in [0.29, 0.717) is 11.5 Å². The van der Waals surface area contributed by atoms with Crippen LogP contribution in [0.5, 0.6) is 0 Å². The maximum Gasteiger partial charge on any atom is 0.0550 e. The second kappa shape index (κ2) is 2.19. The van der Waals surface area contributed by atoms with E-state index in [0.717, 1.165) is 32.7 Å². The maximum atomic E-state index is 5.93. The minimum absolute atomic E-state index is 0.292. The molecule has 3 nitrogen and oxygen atoms in total. The van der Waals surface area contributed by atoms with Gasteiger partial charge in [-0.25, -0.2) is 0 Å². The Labute approximate surface area is 60.9 Å². The third-order valence-corrected chi connectivity index (χ3v) is 2.76. The van der Waals surface area contributed by atoms with Crippen molar-refractivity contribution in [3.63, 3.8) is 0 Å². The zero-order valence-corrected chi connectivity index (χ0v) is 6.10. The molecule has 2 fully saturated rings. The van der Waals surface area contributed by atoms with Crippen LogP contribution < -0.4 is 11.1 Å². The SMILES string of the molecule is NC1CNCC12CCOC2. The van der Waals surface area contributed by atoms with Crippen LogP contribution in [0, 0.1) is 5.41 Å². The number of nitrogens with one attached hydrogen (secondary N) is 1. The van der Waals surface area contributed by atoms with Gasteiger partial charge in [-0.2, -0.15) is 0 Å². The van der Waals surface area contributed by atoms with Crippen molar-refractivity contribution in [3.8, 4) is 0 Å². The molecule has 0 aromatic carbocycles. The molecule has 0 amide bonds.